The molecule has 2 aliphatic rings. The Bertz CT molecular complexity index is 1710. The molecule has 0 bridgehead atoms. The highest BCUT2D eigenvalue weighted by atomic mass is 16.2. The normalized spacial score (nSPS) is 15.9. The Balaban J connectivity index is 1.15. The third kappa shape index (κ3) is 5.98. The second-order valence-electron chi connectivity index (χ2n) is 11.8. The summed E-state index contributed by atoms with van der Waals surface area (Å²) in [5.41, 5.74) is 9.31. The molecule has 0 aliphatic carbocycles. The predicted molar refractivity (Wildman–Crippen MR) is 173 cm³/mol. The molecule has 0 spiro atoms. The zero-order valence-electron chi connectivity index (χ0n) is 24.9. The van der Waals surface area contributed by atoms with Crippen molar-refractivity contribution in [3.8, 4) is 33.6 Å². The van der Waals surface area contributed by atoms with Crippen molar-refractivity contribution in [2.45, 2.75) is 45.7 Å². The van der Waals surface area contributed by atoms with E-state index in [0.717, 1.165) is 76.5 Å². The summed E-state index contributed by atoms with van der Waals surface area (Å²) in [7, 11) is 0. The molecule has 2 N–H and O–H groups in total. The first-order chi connectivity index (χ1) is 21.1. The lowest BCUT2D eigenvalue weighted by Crippen LogP contribution is -2.30. The molecule has 2 aliphatic heterocycles. The predicted octanol–water partition coefficient (Wildman–Crippen LogP) is 6.41. The fraction of sp³-hybridized carbons (Fsp3) is 0.343. The molecule has 2 saturated heterocycles. The van der Waals surface area contributed by atoms with Crippen LogP contribution in [0.5, 0.6) is 0 Å². The van der Waals surface area contributed by atoms with Crippen molar-refractivity contribution in [2.75, 3.05) is 38.0 Å². The molecule has 1 amide bonds. The maximum Gasteiger partial charge on any atom is 0.238 e. The summed E-state index contributed by atoms with van der Waals surface area (Å²) in [5, 5.41) is 9.07. The van der Waals surface area contributed by atoms with E-state index >= 15 is 0 Å². The van der Waals surface area contributed by atoms with Gasteiger partial charge in [0.25, 0.3) is 0 Å². The lowest BCUT2D eigenvalue weighted by Gasteiger charge is -2.14. The number of rotatable bonds is 9. The van der Waals surface area contributed by atoms with Crippen molar-refractivity contribution < 1.29 is 4.79 Å². The van der Waals surface area contributed by atoms with Gasteiger partial charge in [-0.2, -0.15) is 5.10 Å². The molecule has 0 saturated carbocycles. The van der Waals surface area contributed by atoms with Gasteiger partial charge in [-0.05, 0) is 99.7 Å². The molecule has 8 nitrogen and oxygen atoms in total. The number of nitrogens with one attached hydrogen (secondary N) is 2. The number of carbonyl (C=O) groups excluding carboxylic acids is 1. The van der Waals surface area contributed by atoms with Crippen LogP contribution in [0.4, 0.5) is 5.69 Å². The SMILES string of the molecule is CCn1cc(-c2ccnc3[nH]c(-c4ccc(CN5CCCC5)cc4)cc23)c(-c2ccc(NC(=O)CN3CCCC3)cc2)n1. The fourth-order valence-corrected chi connectivity index (χ4v) is 6.46. The quantitative estimate of drug-likeness (QED) is 0.213. The second-order valence-corrected chi connectivity index (χ2v) is 11.8. The van der Waals surface area contributed by atoms with Crippen LogP contribution in [-0.4, -0.2) is 68.2 Å². The minimum absolute atomic E-state index is 0.0364. The summed E-state index contributed by atoms with van der Waals surface area (Å²) in [6.07, 6.45) is 8.95. The molecular formula is C35H39N7O. The van der Waals surface area contributed by atoms with Gasteiger partial charge in [-0.1, -0.05) is 36.4 Å². The number of fused-ring (bicyclic) bond motifs is 1. The van der Waals surface area contributed by atoms with Gasteiger partial charge < -0.3 is 10.3 Å². The minimum atomic E-state index is 0.0364. The summed E-state index contributed by atoms with van der Waals surface area (Å²) in [5.74, 6) is 0.0364. The summed E-state index contributed by atoms with van der Waals surface area (Å²) in [6, 6.07) is 21.2. The highest BCUT2D eigenvalue weighted by Crippen LogP contribution is 2.37. The van der Waals surface area contributed by atoms with Gasteiger partial charge in [0, 0.05) is 53.4 Å². The Morgan fingerprint density at radius 1 is 0.860 bits per heavy atom. The number of carbonyl (C=O) groups is 1. The first-order valence-electron chi connectivity index (χ1n) is 15.6. The van der Waals surface area contributed by atoms with Crippen molar-refractivity contribution in [2.24, 2.45) is 0 Å². The third-order valence-electron chi connectivity index (χ3n) is 8.79. The molecule has 0 atom stereocenters. The zero-order valence-corrected chi connectivity index (χ0v) is 24.9. The van der Waals surface area contributed by atoms with Crippen LogP contribution in [0.25, 0.3) is 44.7 Å². The average Bonchev–Trinajstić information content (AvgIpc) is 3.85. The second kappa shape index (κ2) is 12.1. The Labute approximate surface area is 252 Å². The number of amides is 1. The Hall–Kier alpha value is -4.27. The first kappa shape index (κ1) is 27.6. The van der Waals surface area contributed by atoms with E-state index in [4.69, 9.17) is 5.10 Å². The average molecular weight is 574 g/mol. The van der Waals surface area contributed by atoms with Crippen molar-refractivity contribution in [1.82, 2.24) is 29.5 Å². The highest BCUT2D eigenvalue weighted by Gasteiger charge is 2.19. The van der Waals surface area contributed by atoms with Gasteiger partial charge in [0.2, 0.25) is 5.91 Å². The van der Waals surface area contributed by atoms with Crippen LogP contribution in [0.1, 0.15) is 38.2 Å². The van der Waals surface area contributed by atoms with Crippen LogP contribution < -0.4 is 5.32 Å². The lowest BCUT2D eigenvalue weighted by molar-refractivity contribution is -0.117. The number of H-pyrrole nitrogens is 1. The number of pyridine rings is 1. The van der Waals surface area contributed by atoms with Gasteiger partial charge in [0.1, 0.15) is 11.3 Å². The van der Waals surface area contributed by atoms with Crippen LogP contribution in [-0.2, 0) is 17.9 Å². The van der Waals surface area contributed by atoms with Crippen LogP contribution in [0.2, 0.25) is 0 Å². The number of likely N-dealkylation sites (tertiary alicyclic amines) is 2. The zero-order chi connectivity index (χ0) is 29.2. The van der Waals surface area contributed by atoms with Gasteiger partial charge >= 0.3 is 0 Å². The monoisotopic (exact) mass is 573 g/mol. The number of aromatic nitrogens is 4. The molecule has 8 heteroatoms. The van der Waals surface area contributed by atoms with Crippen LogP contribution in [0, 0.1) is 0 Å². The van der Waals surface area contributed by atoms with E-state index in [-0.39, 0.29) is 5.91 Å². The molecule has 0 radical (unpaired) electrons. The highest BCUT2D eigenvalue weighted by molar-refractivity contribution is 5.99. The summed E-state index contributed by atoms with van der Waals surface area (Å²) >= 11 is 0. The lowest BCUT2D eigenvalue weighted by atomic mass is 10.00. The van der Waals surface area contributed by atoms with Gasteiger partial charge in [0.05, 0.1) is 6.54 Å². The molecule has 3 aromatic heterocycles. The van der Waals surface area contributed by atoms with E-state index in [1.807, 2.05) is 35.1 Å². The van der Waals surface area contributed by atoms with Crippen LogP contribution in [0.3, 0.4) is 0 Å². The number of aromatic amines is 1. The number of benzene rings is 2. The molecule has 2 aromatic carbocycles. The number of aryl methyl sites for hydroxylation is 1. The number of hydrogen-bond acceptors (Lipinski definition) is 5. The molecule has 220 valence electrons. The smallest absolute Gasteiger partial charge is 0.238 e. The summed E-state index contributed by atoms with van der Waals surface area (Å²) < 4.78 is 1.98. The Morgan fingerprint density at radius 2 is 1.56 bits per heavy atom. The van der Waals surface area contributed by atoms with Crippen molar-refractivity contribution >= 4 is 22.6 Å². The first-order valence-corrected chi connectivity index (χ1v) is 15.6. The van der Waals surface area contributed by atoms with E-state index in [2.05, 4.69) is 74.6 Å². The van der Waals surface area contributed by atoms with Gasteiger partial charge in [-0.15, -0.1) is 0 Å². The van der Waals surface area contributed by atoms with E-state index in [1.54, 1.807) is 0 Å². The minimum Gasteiger partial charge on any atom is -0.339 e. The van der Waals surface area contributed by atoms with Gasteiger partial charge in [-0.3, -0.25) is 19.3 Å². The van der Waals surface area contributed by atoms with Crippen molar-refractivity contribution in [1.29, 1.82) is 0 Å². The third-order valence-corrected chi connectivity index (χ3v) is 8.79. The molecule has 43 heavy (non-hydrogen) atoms. The number of hydrogen-bond donors (Lipinski definition) is 2. The molecule has 2 fully saturated rings. The Kier molecular flexibility index (Phi) is 7.79. The number of anilines is 1. The Morgan fingerprint density at radius 3 is 2.28 bits per heavy atom. The van der Waals surface area contributed by atoms with E-state index < -0.39 is 0 Å². The topological polar surface area (TPSA) is 82.1 Å². The molecular weight excluding hydrogens is 534 g/mol. The summed E-state index contributed by atoms with van der Waals surface area (Å²) in [6.45, 7) is 8.76. The summed E-state index contributed by atoms with van der Waals surface area (Å²) in [4.78, 5) is 25.5. The standard InChI is InChI=1S/C35H39N7O/c1-2-42-23-31(34(39-42)27-11-13-28(14-12-27)37-33(43)24-41-19-5-6-20-41)29-15-16-36-35-30(29)21-32(38-35)26-9-7-25(8-10-26)22-40-17-3-4-18-40/h7-16,21,23H,2-6,17-20,22,24H2,1H3,(H,36,38)(H,37,43). The van der Waals surface area contributed by atoms with E-state index in [9.17, 15) is 4.79 Å². The van der Waals surface area contributed by atoms with E-state index in [1.165, 1.54) is 44.3 Å². The molecule has 5 aromatic rings. The number of nitrogens with zero attached hydrogens (tertiary/aromatic N) is 5. The van der Waals surface area contributed by atoms with Crippen LogP contribution >= 0.6 is 0 Å². The molecule has 0 unspecified atom stereocenters. The maximum absolute atomic E-state index is 12.5. The van der Waals surface area contributed by atoms with Gasteiger partial charge in [0.15, 0.2) is 0 Å². The largest absolute Gasteiger partial charge is 0.339 e. The fourth-order valence-electron chi connectivity index (χ4n) is 6.46. The van der Waals surface area contributed by atoms with Crippen molar-refractivity contribution in [3.05, 3.63) is 78.6 Å². The van der Waals surface area contributed by atoms with Gasteiger partial charge in [-0.25, -0.2) is 4.98 Å². The molecule has 5 heterocycles. The van der Waals surface area contributed by atoms with Crippen molar-refractivity contribution in [3.63, 3.8) is 0 Å². The molecule has 7 rings (SSSR count). The van der Waals surface area contributed by atoms with E-state index in [0.29, 0.717) is 6.54 Å². The van der Waals surface area contributed by atoms with Crippen LogP contribution in [0.15, 0.2) is 73.1 Å². The maximum atomic E-state index is 12.5.